The molecule has 100 valence electrons. The predicted molar refractivity (Wildman–Crippen MR) is 64.5 cm³/mol. The highest BCUT2D eigenvalue weighted by molar-refractivity contribution is 5.77. The first-order valence-electron chi connectivity index (χ1n) is 5.97. The van der Waals surface area contributed by atoms with Gasteiger partial charge >= 0.3 is 0 Å². The van der Waals surface area contributed by atoms with Crippen molar-refractivity contribution in [3.63, 3.8) is 0 Å². The minimum absolute atomic E-state index is 0.00118. The molecular formula is C13H12F2N2O2. The molecule has 0 amide bonds. The fourth-order valence-corrected chi connectivity index (χ4v) is 1.84. The van der Waals surface area contributed by atoms with Crippen molar-refractivity contribution in [2.45, 2.75) is 12.8 Å². The largest absolute Gasteiger partial charge is 0.490 e. The van der Waals surface area contributed by atoms with Crippen molar-refractivity contribution in [1.82, 2.24) is 5.16 Å². The molecule has 0 radical (unpaired) electrons. The molecule has 0 saturated heterocycles. The minimum Gasteiger partial charge on any atom is -0.490 e. The topological polar surface area (TPSA) is 61.3 Å². The normalized spacial score (nSPS) is 14.6. The Morgan fingerprint density at radius 2 is 2.11 bits per heavy atom. The number of nitrogens with zero attached hydrogens (tertiary/aromatic N) is 1. The lowest BCUT2D eigenvalue weighted by Crippen LogP contribution is -2.03. The number of rotatable bonds is 4. The van der Waals surface area contributed by atoms with Gasteiger partial charge in [-0.1, -0.05) is 5.16 Å². The Kier molecular flexibility index (Phi) is 2.85. The first-order valence-corrected chi connectivity index (χ1v) is 5.97. The Morgan fingerprint density at radius 3 is 2.74 bits per heavy atom. The summed E-state index contributed by atoms with van der Waals surface area (Å²) in [6.45, 7) is 0.417. The van der Waals surface area contributed by atoms with Gasteiger partial charge in [-0.25, -0.2) is 8.78 Å². The van der Waals surface area contributed by atoms with E-state index in [9.17, 15) is 8.78 Å². The standard InChI is InChI=1S/C13H12F2N2O2/c14-8-3-9(10-5-17-19-13(10)16)12(11(15)4-8)18-6-7-1-2-7/h3-5,7H,1-2,6,16H2. The number of aromatic nitrogens is 1. The molecule has 2 N–H and O–H groups in total. The third-order valence-corrected chi connectivity index (χ3v) is 3.06. The van der Waals surface area contributed by atoms with Gasteiger partial charge in [0.05, 0.1) is 18.4 Å². The van der Waals surface area contributed by atoms with Crippen LogP contribution < -0.4 is 10.5 Å². The Labute approximate surface area is 108 Å². The Balaban J connectivity index is 2.02. The highest BCUT2D eigenvalue weighted by atomic mass is 19.1. The molecule has 1 aliphatic carbocycles. The van der Waals surface area contributed by atoms with Gasteiger partial charge in [-0.05, 0) is 24.8 Å². The van der Waals surface area contributed by atoms with E-state index < -0.39 is 11.6 Å². The SMILES string of the molecule is Nc1oncc1-c1cc(F)cc(F)c1OCC1CC1. The summed E-state index contributed by atoms with van der Waals surface area (Å²) in [7, 11) is 0. The van der Waals surface area contributed by atoms with Crippen LogP contribution in [0.25, 0.3) is 11.1 Å². The van der Waals surface area contributed by atoms with Gasteiger partial charge in [-0.2, -0.15) is 0 Å². The van der Waals surface area contributed by atoms with E-state index in [-0.39, 0.29) is 17.2 Å². The zero-order valence-corrected chi connectivity index (χ0v) is 10.0. The maximum Gasteiger partial charge on any atom is 0.230 e. The lowest BCUT2D eigenvalue weighted by molar-refractivity contribution is 0.286. The quantitative estimate of drug-likeness (QED) is 0.924. The van der Waals surface area contributed by atoms with Crippen LogP contribution in [0.3, 0.4) is 0 Å². The van der Waals surface area contributed by atoms with Crippen LogP contribution in [0.4, 0.5) is 14.7 Å². The summed E-state index contributed by atoms with van der Waals surface area (Å²) in [6, 6.07) is 1.95. The van der Waals surface area contributed by atoms with Crippen molar-refractivity contribution < 1.29 is 18.0 Å². The molecule has 3 rings (SSSR count). The molecule has 1 aromatic carbocycles. The van der Waals surface area contributed by atoms with E-state index in [1.54, 1.807) is 0 Å². The molecule has 0 aliphatic heterocycles. The number of nitrogens with two attached hydrogens (primary N) is 1. The van der Waals surface area contributed by atoms with Crippen molar-refractivity contribution in [2.24, 2.45) is 5.92 Å². The summed E-state index contributed by atoms with van der Waals surface area (Å²) < 4.78 is 37.4. The van der Waals surface area contributed by atoms with Gasteiger partial charge in [0, 0.05) is 11.6 Å². The van der Waals surface area contributed by atoms with Crippen molar-refractivity contribution >= 4 is 5.88 Å². The molecule has 0 bridgehead atoms. The molecule has 1 aromatic heterocycles. The van der Waals surface area contributed by atoms with Gasteiger partial charge in [0.2, 0.25) is 5.88 Å². The summed E-state index contributed by atoms with van der Waals surface area (Å²) in [6.07, 6.45) is 3.47. The second-order valence-electron chi connectivity index (χ2n) is 4.62. The predicted octanol–water partition coefficient (Wildman–Crippen LogP) is 2.99. The van der Waals surface area contributed by atoms with E-state index in [4.69, 9.17) is 15.0 Å². The summed E-state index contributed by atoms with van der Waals surface area (Å²) in [5, 5.41) is 3.51. The molecule has 1 fully saturated rings. The average Bonchev–Trinajstić information content (AvgIpc) is 3.08. The number of ether oxygens (including phenoxy) is 1. The maximum absolute atomic E-state index is 13.8. The van der Waals surface area contributed by atoms with Gasteiger partial charge in [0.15, 0.2) is 11.6 Å². The highest BCUT2D eigenvalue weighted by Crippen LogP contribution is 2.38. The first-order chi connectivity index (χ1) is 9.15. The van der Waals surface area contributed by atoms with Crippen LogP contribution in [-0.4, -0.2) is 11.8 Å². The van der Waals surface area contributed by atoms with Gasteiger partial charge in [-0.15, -0.1) is 0 Å². The Hall–Kier alpha value is -2.11. The lowest BCUT2D eigenvalue weighted by atomic mass is 10.1. The molecule has 6 heteroatoms. The number of nitrogen functional groups attached to an aromatic ring is 1. The molecule has 1 saturated carbocycles. The minimum atomic E-state index is -0.753. The van der Waals surface area contributed by atoms with Gasteiger partial charge in [-0.3, -0.25) is 0 Å². The van der Waals surface area contributed by atoms with E-state index in [0.29, 0.717) is 18.1 Å². The van der Waals surface area contributed by atoms with E-state index in [1.165, 1.54) is 6.20 Å². The fourth-order valence-electron chi connectivity index (χ4n) is 1.84. The van der Waals surface area contributed by atoms with Crippen molar-refractivity contribution in [3.8, 4) is 16.9 Å². The van der Waals surface area contributed by atoms with Gasteiger partial charge in [0.25, 0.3) is 0 Å². The van der Waals surface area contributed by atoms with E-state index >= 15 is 0 Å². The summed E-state index contributed by atoms with van der Waals surface area (Å²) in [5.41, 5.74) is 6.12. The van der Waals surface area contributed by atoms with Crippen LogP contribution in [0.1, 0.15) is 12.8 Å². The molecule has 19 heavy (non-hydrogen) atoms. The number of halogens is 2. The lowest BCUT2D eigenvalue weighted by Gasteiger charge is -2.11. The molecule has 1 aliphatic rings. The van der Waals surface area contributed by atoms with E-state index in [1.807, 2.05) is 0 Å². The zero-order valence-electron chi connectivity index (χ0n) is 10.0. The molecule has 0 atom stereocenters. The third kappa shape index (κ3) is 2.38. The second-order valence-corrected chi connectivity index (χ2v) is 4.62. The van der Waals surface area contributed by atoms with Crippen LogP contribution >= 0.6 is 0 Å². The van der Waals surface area contributed by atoms with Crippen molar-refractivity contribution in [3.05, 3.63) is 30.0 Å². The third-order valence-electron chi connectivity index (χ3n) is 3.06. The smallest absolute Gasteiger partial charge is 0.230 e. The van der Waals surface area contributed by atoms with Crippen LogP contribution in [0.2, 0.25) is 0 Å². The summed E-state index contributed by atoms with van der Waals surface area (Å²) in [5.74, 6) is -1.01. The zero-order chi connectivity index (χ0) is 13.4. The van der Waals surface area contributed by atoms with E-state index in [0.717, 1.165) is 25.0 Å². The number of hydrogen-bond acceptors (Lipinski definition) is 4. The number of hydrogen-bond donors (Lipinski definition) is 1. The van der Waals surface area contributed by atoms with Gasteiger partial charge < -0.3 is 15.0 Å². The molecule has 2 aromatic rings. The van der Waals surface area contributed by atoms with Crippen LogP contribution in [0, 0.1) is 17.6 Å². The van der Waals surface area contributed by atoms with Crippen LogP contribution in [0.5, 0.6) is 5.75 Å². The maximum atomic E-state index is 13.8. The van der Waals surface area contributed by atoms with E-state index in [2.05, 4.69) is 5.16 Å². The van der Waals surface area contributed by atoms with Crippen molar-refractivity contribution in [1.29, 1.82) is 0 Å². The molecule has 0 spiro atoms. The number of anilines is 1. The van der Waals surface area contributed by atoms with Crippen molar-refractivity contribution in [2.75, 3.05) is 12.3 Å². The van der Waals surface area contributed by atoms with Gasteiger partial charge in [0.1, 0.15) is 5.82 Å². The molecular weight excluding hydrogens is 254 g/mol. The summed E-state index contributed by atoms with van der Waals surface area (Å²) in [4.78, 5) is 0. The fraction of sp³-hybridized carbons (Fsp3) is 0.308. The number of benzene rings is 1. The van der Waals surface area contributed by atoms with Crippen LogP contribution in [0.15, 0.2) is 22.9 Å². The highest BCUT2D eigenvalue weighted by Gasteiger charge is 2.24. The van der Waals surface area contributed by atoms with Crippen LogP contribution in [-0.2, 0) is 0 Å². The second kappa shape index (κ2) is 4.53. The Bertz CT molecular complexity index is 609. The monoisotopic (exact) mass is 266 g/mol. The molecule has 1 heterocycles. The summed E-state index contributed by atoms with van der Waals surface area (Å²) >= 11 is 0. The Morgan fingerprint density at radius 1 is 1.32 bits per heavy atom. The average molecular weight is 266 g/mol. The molecule has 0 unspecified atom stereocenters. The molecule has 4 nitrogen and oxygen atoms in total. The first kappa shape index (κ1) is 12.0.